The van der Waals surface area contributed by atoms with Gasteiger partial charge in [-0.25, -0.2) is 9.59 Å². The van der Waals surface area contributed by atoms with Crippen LogP contribution in [0.3, 0.4) is 0 Å². The molecule has 2 aromatic rings. The minimum absolute atomic E-state index is 0.133. The lowest BCUT2D eigenvalue weighted by molar-refractivity contribution is -0.0108. The normalized spacial score (nSPS) is 17.9. The van der Waals surface area contributed by atoms with E-state index in [4.69, 9.17) is 14.2 Å². The molecule has 0 heterocycles. The Labute approximate surface area is 197 Å². The zero-order valence-electron chi connectivity index (χ0n) is 19.9. The molecule has 2 aromatic carbocycles. The SMILES string of the molecule is CCCCOc1ccc(C(=O)OC2CCC(OC(=O)c3ccc(CCCC)cc3)CC2)cc1. The molecule has 0 spiro atoms. The van der Waals surface area contributed by atoms with E-state index in [0.717, 1.165) is 37.9 Å². The second-order valence-corrected chi connectivity index (χ2v) is 8.74. The predicted molar refractivity (Wildman–Crippen MR) is 129 cm³/mol. The lowest BCUT2D eigenvalue weighted by Gasteiger charge is -2.28. The van der Waals surface area contributed by atoms with Crippen molar-refractivity contribution in [2.75, 3.05) is 6.61 Å². The van der Waals surface area contributed by atoms with Gasteiger partial charge in [0.05, 0.1) is 17.7 Å². The number of hydrogen-bond acceptors (Lipinski definition) is 5. The third-order valence-corrected chi connectivity index (χ3v) is 6.03. The Balaban J connectivity index is 1.40. The molecule has 0 aliphatic heterocycles. The van der Waals surface area contributed by atoms with E-state index >= 15 is 0 Å². The fraction of sp³-hybridized carbons (Fsp3) is 0.500. The molecule has 1 saturated carbocycles. The number of unbranched alkanes of at least 4 members (excludes halogenated alkanes) is 2. The maximum atomic E-state index is 12.5. The van der Waals surface area contributed by atoms with E-state index in [9.17, 15) is 9.59 Å². The second kappa shape index (κ2) is 13.0. The highest BCUT2D eigenvalue weighted by Gasteiger charge is 2.27. The molecule has 0 bridgehead atoms. The summed E-state index contributed by atoms with van der Waals surface area (Å²) in [6, 6.07) is 14.8. The van der Waals surface area contributed by atoms with Crippen molar-refractivity contribution in [1.29, 1.82) is 0 Å². The molecule has 3 rings (SSSR count). The third-order valence-electron chi connectivity index (χ3n) is 6.03. The largest absolute Gasteiger partial charge is 0.494 e. The van der Waals surface area contributed by atoms with Crippen molar-refractivity contribution in [3.05, 3.63) is 65.2 Å². The summed E-state index contributed by atoms with van der Waals surface area (Å²) in [5.41, 5.74) is 2.36. The summed E-state index contributed by atoms with van der Waals surface area (Å²) in [6.45, 7) is 4.97. The van der Waals surface area contributed by atoms with Gasteiger partial charge in [-0.2, -0.15) is 0 Å². The topological polar surface area (TPSA) is 61.8 Å². The Morgan fingerprint density at radius 3 is 1.70 bits per heavy atom. The molecule has 178 valence electrons. The van der Waals surface area contributed by atoms with Crippen molar-refractivity contribution >= 4 is 11.9 Å². The molecule has 1 aliphatic rings. The van der Waals surface area contributed by atoms with Gasteiger partial charge in [-0.1, -0.05) is 38.8 Å². The molecule has 5 heteroatoms. The van der Waals surface area contributed by atoms with Gasteiger partial charge in [0.25, 0.3) is 0 Å². The van der Waals surface area contributed by atoms with E-state index in [1.807, 2.05) is 24.3 Å². The molecule has 0 aromatic heterocycles. The van der Waals surface area contributed by atoms with E-state index in [-0.39, 0.29) is 24.1 Å². The molecule has 33 heavy (non-hydrogen) atoms. The first kappa shape index (κ1) is 24.8. The summed E-state index contributed by atoms with van der Waals surface area (Å²) in [5.74, 6) is 0.162. The first-order valence-electron chi connectivity index (χ1n) is 12.3. The number of ether oxygens (including phenoxy) is 3. The summed E-state index contributed by atoms with van der Waals surface area (Å²) in [6.07, 6.45) is 7.92. The fourth-order valence-electron chi connectivity index (χ4n) is 3.92. The average Bonchev–Trinajstić information content (AvgIpc) is 2.85. The van der Waals surface area contributed by atoms with Crippen molar-refractivity contribution in [2.45, 2.75) is 83.8 Å². The first-order chi connectivity index (χ1) is 16.1. The fourth-order valence-corrected chi connectivity index (χ4v) is 3.92. The highest BCUT2D eigenvalue weighted by atomic mass is 16.6. The number of carbonyl (C=O) groups is 2. The number of carbonyl (C=O) groups excluding carboxylic acids is 2. The standard InChI is InChI=1S/C28H36O5/c1-3-5-7-21-8-10-22(11-9-21)27(29)32-25-16-18-26(19-17-25)33-28(30)23-12-14-24(15-13-23)31-20-6-4-2/h8-15,25-26H,3-7,16-20H2,1-2H3. The van der Waals surface area contributed by atoms with Gasteiger partial charge < -0.3 is 14.2 Å². The Bertz CT molecular complexity index is 864. The van der Waals surface area contributed by atoms with E-state index in [2.05, 4.69) is 13.8 Å². The zero-order chi connectivity index (χ0) is 23.5. The van der Waals surface area contributed by atoms with Crippen molar-refractivity contribution in [3.63, 3.8) is 0 Å². The van der Waals surface area contributed by atoms with Crippen LogP contribution in [0.15, 0.2) is 48.5 Å². The van der Waals surface area contributed by atoms with Crippen LogP contribution in [0, 0.1) is 0 Å². The monoisotopic (exact) mass is 452 g/mol. The molecule has 0 radical (unpaired) electrons. The molecule has 1 aliphatic carbocycles. The van der Waals surface area contributed by atoms with Crippen LogP contribution in [0.5, 0.6) is 5.75 Å². The highest BCUT2D eigenvalue weighted by molar-refractivity contribution is 5.90. The minimum Gasteiger partial charge on any atom is -0.494 e. The molecule has 0 atom stereocenters. The van der Waals surface area contributed by atoms with Gasteiger partial charge in [0.1, 0.15) is 18.0 Å². The van der Waals surface area contributed by atoms with Crippen molar-refractivity contribution in [3.8, 4) is 5.75 Å². The summed E-state index contributed by atoms with van der Waals surface area (Å²) in [5, 5.41) is 0. The molecule has 0 N–H and O–H groups in total. The van der Waals surface area contributed by atoms with Crippen LogP contribution in [0.4, 0.5) is 0 Å². The van der Waals surface area contributed by atoms with Crippen LogP contribution < -0.4 is 4.74 Å². The Morgan fingerprint density at radius 1 is 0.727 bits per heavy atom. The average molecular weight is 453 g/mol. The Morgan fingerprint density at radius 2 is 1.21 bits per heavy atom. The van der Waals surface area contributed by atoms with E-state index in [1.165, 1.54) is 5.56 Å². The number of benzene rings is 2. The van der Waals surface area contributed by atoms with Gasteiger partial charge in [0.2, 0.25) is 0 Å². The van der Waals surface area contributed by atoms with Gasteiger partial charge in [-0.15, -0.1) is 0 Å². The molecule has 0 unspecified atom stereocenters. The van der Waals surface area contributed by atoms with Gasteiger partial charge in [0.15, 0.2) is 0 Å². The number of esters is 2. The van der Waals surface area contributed by atoms with Crippen LogP contribution in [0.1, 0.15) is 91.5 Å². The smallest absolute Gasteiger partial charge is 0.338 e. The highest BCUT2D eigenvalue weighted by Crippen LogP contribution is 2.25. The summed E-state index contributed by atoms with van der Waals surface area (Å²) >= 11 is 0. The maximum Gasteiger partial charge on any atom is 0.338 e. The van der Waals surface area contributed by atoms with Crippen LogP contribution in [0.25, 0.3) is 0 Å². The summed E-state index contributed by atoms with van der Waals surface area (Å²) in [7, 11) is 0. The van der Waals surface area contributed by atoms with E-state index in [0.29, 0.717) is 43.4 Å². The molecule has 5 nitrogen and oxygen atoms in total. The van der Waals surface area contributed by atoms with Crippen LogP contribution in [0.2, 0.25) is 0 Å². The van der Waals surface area contributed by atoms with Gasteiger partial charge in [-0.05, 0) is 86.9 Å². The van der Waals surface area contributed by atoms with Crippen molar-refractivity contribution in [1.82, 2.24) is 0 Å². The first-order valence-corrected chi connectivity index (χ1v) is 12.3. The lowest BCUT2D eigenvalue weighted by atomic mass is 9.94. The quantitative estimate of drug-likeness (QED) is 0.286. The third kappa shape index (κ3) is 7.92. The predicted octanol–water partition coefficient (Wildman–Crippen LogP) is 6.53. The van der Waals surface area contributed by atoms with Crippen molar-refractivity contribution < 1.29 is 23.8 Å². The molecule has 0 amide bonds. The number of aryl methyl sites for hydroxylation is 1. The molecule has 0 saturated heterocycles. The Kier molecular flexibility index (Phi) is 9.79. The van der Waals surface area contributed by atoms with Gasteiger partial charge in [0, 0.05) is 0 Å². The maximum absolute atomic E-state index is 12.5. The molecule has 1 fully saturated rings. The number of hydrogen-bond donors (Lipinski definition) is 0. The van der Waals surface area contributed by atoms with Crippen molar-refractivity contribution in [2.24, 2.45) is 0 Å². The zero-order valence-corrected chi connectivity index (χ0v) is 19.9. The van der Waals surface area contributed by atoms with E-state index in [1.54, 1.807) is 24.3 Å². The van der Waals surface area contributed by atoms with E-state index < -0.39 is 0 Å². The second-order valence-electron chi connectivity index (χ2n) is 8.74. The van der Waals surface area contributed by atoms with Crippen LogP contribution >= 0.6 is 0 Å². The Hall–Kier alpha value is -2.82. The van der Waals surface area contributed by atoms with Gasteiger partial charge >= 0.3 is 11.9 Å². The van der Waals surface area contributed by atoms with Gasteiger partial charge in [-0.3, -0.25) is 0 Å². The summed E-state index contributed by atoms with van der Waals surface area (Å²) < 4.78 is 17.0. The number of rotatable bonds is 11. The lowest BCUT2D eigenvalue weighted by Crippen LogP contribution is -2.29. The van der Waals surface area contributed by atoms with Crippen LogP contribution in [-0.4, -0.2) is 30.8 Å². The molecular formula is C28H36O5. The molecular weight excluding hydrogens is 416 g/mol. The summed E-state index contributed by atoms with van der Waals surface area (Å²) in [4.78, 5) is 24.9. The minimum atomic E-state index is -0.321. The van der Waals surface area contributed by atoms with Crippen LogP contribution in [-0.2, 0) is 15.9 Å².